The third-order valence-electron chi connectivity index (χ3n) is 4.92. The quantitative estimate of drug-likeness (QED) is 0.249. The van der Waals surface area contributed by atoms with E-state index in [1.165, 1.54) is 0 Å². The number of halogens is 2. The van der Waals surface area contributed by atoms with Crippen LogP contribution in [-0.4, -0.2) is 11.1 Å². The fraction of sp³-hybridized carbons (Fsp3) is 0.0741. The Hall–Kier alpha value is -3.67. The molecule has 0 aliphatic rings. The highest BCUT2D eigenvalue weighted by Crippen LogP contribution is 2.35. The van der Waals surface area contributed by atoms with Gasteiger partial charge in [0.2, 0.25) is 0 Å². The van der Waals surface area contributed by atoms with Crippen LogP contribution in [0.4, 0.5) is 11.4 Å². The lowest BCUT2D eigenvalue weighted by molar-refractivity contribution is -0.136. The van der Waals surface area contributed by atoms with Crippen molar-refractivity contribution < 1.29 is 19.4 Å². The second-order valence-corrected chi connectivity index (χ2v) is 8.28. The number of anilines is 2. The van der Waals surface area contributed by atoms with Gasteiger partial charge in [0.05, 0.1) is 22.2 Å². The molecular weight excluding hydrogens is 473 g/mol. The van der Waals surface area contributed by atoms with E-state index in [-0.39, 0.29) is 6.42 Å². The van der Waals surface area contributed by atoms with Crippen LogP contribution in [0.3, 0.4) is 0 Å². The number of rotatable bonds is 9. The van der Waals surface area contributed by atoms with Gasteiger partial charge in [-0.05, 0) is 65.7 Å². The molecule has 0 saturated heterocycles. The van der Waals surface area contributed by atoms with Gasteiger partial charge in [-0.1, -0.05) is 59.6 Å². The minimum atomic E-state index is -0.962. The first kappa shape index (κ1) is 23.5. The van der Waals surface area contributed by atoms with Gasteiger partial charge >= 0.3 is 5.97 Å². The van der Waals surface area contributed by atoms with E-state index in [2.05, 4.69) is 5.32 Å². The molecule has 0 bridgehead atoms. The summed E-state index contributed by atoms with van der Waals surface area (Å²) in [7, 11) is 0. The van der Waals surface area contributed by atoms with Gasteiger partial charge in [-0.25, -0.2) is 0 Å². The fourth-order valence-electron chi connectivity index (χ4n) is 3.33. The SMILES string of the molecule is O=C(O)Cc1cc(OCc2cccc(Oc3ccccc3)c2)ccc1Nc1c(Cl)cccc1Cl. The van der Waals surface area contributed by atoms with E-state index in [0.717, 1.165) is 11.3 Å². The molecule has 5 nitrogen and oxygen atoms in total. The lowest BCUT2D eigenvalue weighted by Gasteiger charge is -2.15. The molecule has 4 aromatic carbocycles. The minimum absolute atomic E-state index is 0.192. The van der Waals surface area contributed by atoms with Crippen molar-refractivity contribution in [3.05, 3.63) is 112 Å². The van der Waals surface area contributed by atoms with Crippen molar-refractivity contribution in [1.29, 1.82) is 0 Å². The van der Waals surface area contributed by atoms with Crippen LogP contribution in [0.2, 0.25) is 10.0 Å². The maximum Gasteiger partial charge on any atom is 0.307 e. The van der Waals surface area contributed by atoms with Gasteiger partial charge in [-0.15, -0.1) is 0 Å². The van der Waals surface area contributed by atoms with E-state index >= 15 is 0 Å². The first-order valence-electron chi connectivity index (χ1n) is 10.5. The molecule has 0 unspecified atom stereocenters. The number of aliphatic carboxylic acids is 1. The Kier molecular flexibility index (Phi) is 7.58. The molecular formula is C27H21Cl2NO4. The Labute approximate surface area is 207 Å². The number of carboxylic acid groups (broad SMARTS) is 1. The standard InChI is InChI=1S/C27H21Cl2NO4/c28-23-10-5-11-24(29)27(23)30-25-13-12-21(15-19(25)16-26(31)32)33-17-18-6-4-9-22(14-18)34-20-7-2-1-3-8-20/h1-15,30H,16-17H2,(H,31,32). The van der Waals surface area contributed by atoms with Gasteiger partial charge in [0.25, 0.3) is 0 Å². The fourth-order valence-corrected chi connectivity index (χ4v) is 3.82. The van der Waals surface area contributed by atoms with Crippen LogP contribution < -0.4 is 14.8 Å². The highest BCUT2D eigenvalue weighted by Gasteiger charge is 2.13. The van der Waals surface area contributed by atoms with Crippen molar-refractivity contribution in [1.82, 2.24) is 0 Å². The van der Waals surface area contributed by atoms with E-state index in [0.29, 0.717) is 45.1 Å². The summed E-state index contributed by atoms with van der Waals surface area (Å²) in [5, 5.41) is 13.4. The Balaban J connectivity index is 1.49. The molecule has 4 aromatic rings. The van der Waals surface area contributed by atoms with Crippen molar-refractivity contribution in [2.45, 2.75) is 13.0 Å². The molecule has 0 atom stereocenters. The molecule has 0 amide bonds. The van der Waals surface area contributed by atoms with E-state index in [9.17, 15) is 9.90 Å². The molecule has 4 rings (SSSR count). The number of carboxylic acids is 1. The van der Waals surface area contributed by atoms with Crippen LogP contribution in [-0.2, 0) is 17.8 Å². The number of carbonyl (C=O) groups is 1. The van der Waals surface area contributed by atoms with E-state index < -0.39 is 5.97 Å². The first-order valence-corrected chi connectivity index (χ1v) is 11.2. The minimum Gasteiger partial charge on any atom is -0.489 e. The number of hydrogen-bond donors (Lipinski definition) is 2. The van der Waals surface area contributed by atoms with Crippen LogP contribution in [0.15, 0.2) is 91.0 Å². The summed E-state index contributed by atoms with van der Waals surface area (Å²) in [4.78, 5) is 11.5. The summed E-state index contributed by atoms with van der Waals surface area (Å²) in [6.45, 7) is 0.293. The number of benzene rings is 4. The normalized spacial score (nSPS) is 10.5. The van der Waals surface area contributed by atoms with Crippen molar-refractivity contribution in [3.63, 3.8) is 0 Å². The van der Waals surface area contributed by atoms with E-state index in [4.69, 9.17) is 32.7 Å². The Morgan fingerprint density at radius 2 is 1.50 bits per heavy atom. The van der Waals surface area contributed by atoms with Crippen LogP contribution >= 0.6 is 23.2 Å². The Bertz CT molecular complexity index is 1270. The second kappa shape index (κ2) is 11.0. The average Bonchev–Trinajstić information content (AvgIpc) is 2.82. The number of nitrogens with one attached hydrogen (secondary N) is 1. The smallest absolute Gasteiger partial charge is 0.307 e. The molecule has 2 N–H and O–H groups in total. The Morgan fingerprint density at radius 1 is 0.794 bits per heavy atom. The van der Waals surface area contributed by atoms with Crippen molar-refractivity contribution in [2.24, 2.45) is 0 Å². The van der Waals surface area contributed by atoms with Gasteiger partial charge < -0.3 is 19.9 Å². The third-order valence-corrected chi connectivity index (χ3v) is 5.55. The highest BCUT2D eigenvalue weighted by atomic mass is 35.5. The molecule has 172 valence electrons. The van der Waals surface area contributed by atoms with Crippen LogP contribution in [0.25, 0.3) is 0 Å². The summed E-state index contributed by atoms with van der Waals surface area (Å²) in [5.41, 5.74) is 2.56. The number of hydrogen-bond acceptors (Lipinski definition) is 4. The zero-order valence-electron chi connectivity index (χ0n) is 18.0. The van der Waals surface area contributed by atoms with Crippen LogP contribution in [0, 0.1) is 0 Å². The van der Waals surface area contributed by atoms with Gasteiger partial charge in [0, 0.05) is 5.69 Å². The summed E-state index contributed by atoms with van der Waals surface area (Å²) in [5.74, 6) is 1.04. The summed E-state index contributed by atoms with van der Waals surface area (Å²) in [6.07, 6.45) is -0.192. The van der Waals surface area contributed by atoms with Gasteiger partial charge in [-0.3, -0.25) is 4.79 Å². The van der Waals surface area contributed by atoms with E-state index in [1.54, 1.807) is 36.4 Å². The third kappa shape index (κ3) is 6.22. The molecule has 0 aromatic heterocycles. The topological polar surface area (TPSA) is 67.8 Å². The maximum absolute atomic E-state index is 11.5. The number of para-hydroxylation sites is 2. The summed E-state index contributed by atoms with van der Waals surface area (Å²) >= 11 is 12.5. The maximum atomic E-state index is 11.5. The van der Waals surface area contributed by atoms with Crippen molar-refractivity contribution in [2.75, 3.05) is 5.32 Å². The zero-order chi connectivity index (χ0) is 23.9. The molecule has 0 aliphatic carbocycles. The monoisotopic (exact) mass is 493 g/mol. The predicted octanol–water partition coefficient (Wildman–Crippen LogP) is 7.74. The van der Waals surface area contributed by atoms with Crippen LogP contribution in [0.5, 0.6) is 17.2 Å². The predicted molar refractivity (Wildman–Crippen MR) is 135 cm³/mol. The summed E-state index contributed by atoms with van der Waals surface area (Å²) in [6, 6.07) is 27.5. The molecule has 0 fully saturated rings. The highest BCUT2D eigenvalue weighted by molar-refractivity contribution is 6.39. The summed E-state index contributed by atoms with van der Waals surface area (Å²) < 4.78 is 11.8. The molecule has 0 spiro atoms. The lowest BCUT2D eigenvalue weighted by atomic mass is 10.1. The van der Waals surface area contributed by atoms with Crippen molar-refractivity contribution in [3.8, 4) is 17.2 Å². The zero-order valence-corrected chi connectivity index (χ0v) is 19.5. The second-order valence-electron chi connectivity index (χ2n) is 7.46. The van der Waals surface area contributed by atoms with Crippen molar-refractivity contribution >= 4 is 40.5 Å². The molecule has 7 heteroatoms. The molecule has 0 radical (unpaired) electrons. The lowest BCUT2D eigenvalue weighted by Crippen LogP contribution is -2.05. The molecule has 0 heterocycles. The largest absolute Gasteiger partial charge is 0.489 e. The van der Waals surface area contributed by atoms with E-state index in [1.807, 2.05) is 54.6 Å². The Morgan fingerprint density at radius 3 is 2.24 bits per heavy atom. The molecule has 0 aliphatic heterocycles. The van der Waals surface area contributed by atoms with Crippen LogP contribution in [0.1, 0.15) is 11.1 Å². The first-order chi connectivity index (χ1) is 16.5. The van der Waals surface area contributed by atoms with Gasteiger partial charge in [0.1, 0.15) is 23.9 Å². The van der Waals surface area contributed by atoms with Gasteiger partial charge in [0.15, 0.2) is 0 Å². The molecule has 34 heavy (non-hydrogen) atoms. The number of ether oxygens (including phenoxy) is 2. The van der Waals surface area contributed by atoms with Gasteiger partial charge in [-0.2, -0.15) is 0 Å². The molecule has 0 saturated carbocycles. The average molecular weight is 494 g/mol.